The summed E-state index contributed by atoms with van der Waals surface area (Å²) < 4.78 is 55.5. The van der Waals surface area contributed by atoms with E-state index in [0.29, 0.717) is 41.9 Å². The van der Waals surface area contributed by atoms with E-state index in [9.17, 15) is 8.78 Å². The van der Waals surface area contributed by atoms with Crippen LogP contribution in [0.3, 0.4) is 0 Å². The molecule has 39 heavy (non-hydrogen) atoms. The number of nitrogens with one attached hydrogen (secondary N) is 1. The number of H-pyrrole nitrogens is 1. The second-order valence-corrected chi connectivity index (χ2v) is 11.3. The van der Waals surface area contributed by atoms with E-state index in [-0.39, 0.29) is 12.8 Å². The van der Waals surface area contributed by atoms with Crippen molar-refractivity contribution in [2.24, 2.45) is 0 Å². The lowest BCUT2D eigenvalue weighted by Gasteiger charge is -2.38. The van der Waals surface area contributed by atoms with Gasteiger partial charge >= 0.3 is 0 Å². The lowest BCUT2D eigenvalue weighted by Crippen LogP contribution is -2.53. The zero-order chi connectivity index (χ0) is 26.6. The predicted molar refractivity (Wildman–Crippen MR) is 147 cm³/mol. The van der Waals surface area contributed by atoms with Crippen LogP contribution in [0.4, 0.5) is 13.2 Å². The third-order valence-electron chi connectivity index (χ3n) is 7.51. The van der Waals surface area contributed by atoms with Gasteiger partial charge in [-0.05, 0) is 67.8 Å². The van der Waals surface area contributed by atoms with Gasteiger partial charge in [-0.2, -0.15) is 5.10 Å². The van der Waals surface area contributed by atoms with Crippen LogP contribution >= 0.6 is 11.3 Å². The number of fused-ring (bicyclic) bond motifs is 3. The molecule has 0 unspecified atom stereocenters. The Kier molecular flexibility index (Phi) is 6.01. The van der Waals surface area contributed by atoms with Crippen LogP contribution < -0.4 is 9.47 Å². The molecule has 3 aromatic carbocycles. The number of aromatic nitrogens is 2. The van der Waals surface area contributed by atoms with Crippen molar-refractivity contribution in [2.45, 2.75) is 31.0 Å². The maximum absolute atomic E-state index is 15.4. The van der Waals surface area contributed by atoms with Crippen LogP contribution in [0.5, 0.6) is 17.2 Å². The molecule has 9 heteroatoms. The topological polar surface area (TPSA) is 50.4 Å². The van der Waals surface area contributed by atoms with Gasteiger partial charge in [0.2, 0.25) is 0 Å². The van der Waals surface area contributed by atoms with Gasteiger partial charge in [0.1, 0.15) is 29.1 Å². The summed E-state index contributed by atoms with van der Waals surface area (Å²) in [6.07, 6.45) is 3.18. The molecule has 1 N–H and O–H groups in total. The molecule has 7 rings (SSSR count). The van der Waals surface area contributed by atoms with Crippen LogP contribution in [0.2, 0.25) is 0 Å². The van der Waals surface area contributed by atoms with E-state index in [1.165, 1.54) is 23.5 Å². The van der Waals surface area contributed by atoms with Crippen molar-refractivity contribution in [1.82, 2.24) is 15.1 Å². The number of benzene rings is 3. The van der Waals surface area contributed by atoms with Gasteiger partial charge in [-0.25, -0.2) is 8.78 Å². The number of nitrogens with zero attached hydrogens (tertiary/aromatic N) is 2. The van der Waals surface area contributed by atoms with Gasteiger partial charge in [-0.15, -0.1) is 11.3 Å². The van der Waals surface area contributed by atoms with Gasteiger partial charge < -0.3 is 9.47 Å². The standard InChI is InChI=1S/C30H26F3N3O2S/c31-12-1-13-36-16-21(17-36)37-19-3-5-20(6-4-19)38-27-23-8-9-26-24(15-34-35-26)28(23)39-29(27)22-7-2-18(32)14-25(22)30(33)10-11-30/h2-9,14-15,21H,1,10-13,16-17H2,(H,34,35). The Hall–Kier alpha value is -3.56. The number of ether oxygens (including phenoxy) is 2. The van der Waals surface area contributed by atoms with E-state index in [2.05, 4.69) is 15.1 Å². The fourth-order valence-corrected chi connectivity index (χ4v) is 6.53. The monoisotopic (exact) mass is 549 g/mol. The van der Waals surface area contributed by atoms with Crippen molar-refractivity contribution in [2.75, 3.05) is 26.3 Å². The van der Waals surface area contributed by atoms with Gasteiger partial charge in [0.25, 0.3) is 0 Å². The molecule has 0 atom stereocenters. The lowest BCUT2D eigenvalue weighted by atomic mass is 9.99. The van der Waals surface area contributed by atoms with Crippen molar-refractivity contribution in [3.63, 3.8) is 0 Å². The number of likely N-dealkylation sites (tertiary alicyclic amines) is 1. The number of rotatable bonds is 9. The number of alkyl halides is 2. The molecule has 1 aliphatic carbocycles. The van der Waals surface area contributed by atoms with Crippen LogP contribution in [0.1, 0.15) is 24.8 Å². The van der Waals surface area contributed by atoms with E-state index >= 15 is 4.39 Å². The van der Waals surface area contributed by atoms with Gasteiger partial charge in [0.15, 0.2) is 5.75 Å². The van der Waals surface area contributed by atoms with E-state index < -0.39 is 11.5 Å². The number of aromatic amines is 1. The number of thiophene rings is 1. The Balaban J connectivity index is 1.22. The Morgan fingerprint density at radius 3 is 2.59 bits per heavy atom. The molecule has 0 amide bonds. The minimum Gasteiger partial charge on any atom is -0.488 e. The average molecular weight is 550 g/mol. The molecule has 1 saturated carbocycles. The van der Waals surface area contributed by atoms with E-state index in [1.54, 1.807) is 12.3 Å². The minimum atomic E-state index is -1.52. The van der Waals surface area contributed by atoms with E-state index in [1.807, 2.05) is 36.4 Å². The molecule has 5 nitrogen and oxygen atoms in total. The summed E-state index contributed by atoms with van der Waals surface area (Å²) in [6, 6.07) is 15.7. The Bertz CT molecular complexity index is 1660. The van der Waals surface area contributed by atoms with Crippen molar-refractivity contribution < 1.29 is 22.6 Å². The fraction of sp³-hybridized carbons (Fsp3) is 0.300. The highest BCUT2D eigenvalue weighted by molar-refractivity contribution is 7.23. The molecule has 5 aromatic rings. The summed E-state index contributed by atoms with van der Waals surface area (Å²) in [6.45, 7) is 2.04. The molecule has 0 spiro atoms. The van der Waals surface area contributed by atoms with Crippen LogP contribution in [0, 0.1) is 5.82 Å². The molecular formula is C30H26F3N3O2S. The summed E-state index contributed by atoms with van der Waals surface area (Å²) in [4.78, 5) is 2.93. The molecule has 0 radical (unpaired) electrons. The lowest BCUT2D eigenvalue weighted by molar-refractivity contribution is 0.0184. The quantitative estimate of drug-likeness (QED) is 0.204. The molecule has 0 bridgehead atoms. The summed E-state index contributed by atoms with van der Waals surface area (Å²) in [7, 11) is 0. The first-order valence-electron chi connectivity index (χ1n) is 13.1. The molecular weight excluding hydrogens is 523 g/mol. The normalized spacial score (nSPS) is 17.0. The van der Waals surface area contributed by atoms with Crippen LogP contribution in [0.15, 0.2) is 60.8 Å². The first-order valence-corrected chi connectivity index (χ1v) is 13.9. The molecule has 200 valence electrons. The molecule has 1 aliphatic heterocycles. The third-order valence-corrected chi connectivity index (χ3v) is 8.76. The summed E-state index contributed by atoms with van der Waals surface area (Å²) in [5, 5.41) is 9.02. The minimum absolute atomic E-state index is 0.0912. The summed E-state index contributed by atoms with van der Waals surface area (Å²) in [5.41, 5.74) is 0.391. The van der Waals surface area contributed by atoms with Crippen LogP contribution in [-0.2, 0) is 5.67 Å². The highest BCUT2D eigenvalue weighted by Gasteiger charge is 2.47. The van der Waals surface area contributed by atoms with Gasteiger partial charge in [-0.3, -0.25) is 14.4 Å². The first-order chi connectivity index (χ1) is 19.0. The van der Waals surface area contributed by atoms with E-state index in [0.717, 1.165) is 51.2 Å². The summed E-state index contributed by atoms with van der Waals surface area (Å²) >= 11 is 1.50. The molecule has 2 fully saturated rings. The largest absolute Gasteiger partial charge is 0.488 e. The zero-order valence-electron chi connectivity index (χ0n) is 21.1. The predicted octanol–water partition coefficient (Wildman–Crippen LogP) is 7.76. The third kappa shape index (κ3) is 4.53. The molecule has 2 aromatic heterocycles. The van der Waals surface area contributed by atoms with Crippen LogP contribution in [-0.4, -0.2) is 47.5 Å². The maximum Gasteiger partial charge on any atom is 0.153 e. The second kappa shape index (κ2) is 9.57. The number of hydrogen-bond acceptors (Lipinski definition) is 5. The van der Waals surface area contributed by atoms with Crippen molar-refractivity contribution in [3.05, 3.63) is 72.2 Å². The molecule has 1 saturated heterocycles. The van der Waals surface area contributed by atoms with Crippen LogP contribution in [0.25, 0.3) is 31.4 Å². The Morgan fingerprint density at radius 1 is 1.03 bits per heavy atom. The highest BCUT2D eigenvalue weighted by Crippen LogP contribution is 2.56. The van der Waals surface area contributed by atoms with E-state index in [4.69, 9.17) is 9.47 Å². The maximum atomic E-state index is 15.4. The van der Waals surface area contributed by atoms with Gasteiger partial charge in [-0.1, -0.05) is 6.07 Å². The van der Waals surface area contributed by atoms with Crippen molar-refractivity contribution in [3.8, 4) is 27.7 Å². The summed E-state index contributed by atoms with van der Waals surface area (Å²) in [5.74, 6) is 1.50. The number of halogens is 3. The fourth-order valence-electron chi connectivity index (χ4n) is 5.25. The average Bonchev–Trinajstić information content (AvgIpc) is 3.32. The molecule has 2 aliphatic rings. The highest BCUT2D eigenvalue weighted by atomic mass is 32.1. The zero-order valence-corrected chi connectivity index (χ0v) is 21.9. The first kappa shape index (κ1) is 24.5. The Morgan fingerprint density at radius 2 is 1.82 bits per heavy atom. The van der Waals surface area contributed by atoms with Crippen molar-refractivity contribution in [1.29, 1.82) is 0 Å². The number of hydrogen-bond donors (Lipinski definition) is 1. The van der Waals surface area contributed by atoms with Gasteiger partial charge in [0.05, 0.1) is 23.3 Å². The Labute approximate surface area is 227 Å². The van der Waals surface area contributed by atoms with Crippen molar-refractivity contribution >= 4 is 32.3 Å². The SMILES string of the molecule is FCCCN1CC(Oc2ccc(Oc3c(-c4ccc(F)cc4C4(F)CC4)sc4c3ccc3[nH]ncc34)cc2)C1. The second-order valence-electron chi connectivity index (χ2n) is 10.3. The smallest absolute Gasteiger partial charge is 0.153 e. The van der Waals surface area contributed by atoms with Gasteiger partial charge in [0, 0.05) is 46.2 Å². The molecule has 3 heterocycles.